The second kappa shape index (κ2) is 8.46. The first kappa shape index (κ1) is 18.6. The molecule has 0 aliphatic heterocycles. The molecule has 1 amide bonds. The molecule has 3 N–H and O–H groups in total. The van der Waals surface area contributed by atoms with Gasteiger partial charge in [0.1, 0.15) is 5.82 Å². The summed E-state index contributed by atoms with van der Waals surface area (Å²) >= 11 is 1.52. The number of nitrogens with two attached hydrogens (primary N) is 1. The van der Waals surface area contributed by atoms with Crippen molar-refractivity contribution in [2.24, 2.45) is 0 Å². The zero-order valence-corrected chi connectivity index (χ0v) is 15.0. The minimum atomic E-state index is -0.782. The maximum atomic E-state index is 13.1. The van der Waals surface area contributed by atoms with Crippen LogP contribution in [0.1, 0.15) is 26.8 Å². The quantitative estimate of drug-likeness (QED) is 0.503. The van der Waals surface area contributed by atoms with Crippen LogP contribution in [0.4, 0.5) is 10.1 Å². The van der Waals surface area contributed by atoms with Gasteiger partial charge in [-0.05, 0) is 35.2 Å². The first-order valence-electron chi connectivity index (χ1n) is 8.14. The number of esters is 1. The lowest BCUT2D eigenvalue weighted by Crippen LogP contribution is -2.32. The van der Waals surface area contributed by atoms with Crippen LogP contribution in [0.2, 0.25) is 0 Å². The van der Waals surface area contributed by atoms with Crippen LogP contribution >= 0.6 is 11.3 Å². The van der Waals surface area contributed by atoms with Crippen molar-refractivity contribution in [2.75, 3.05) is 12.3 Å². The Morgan fingerprint density at radius 2 is 1.89 bits per heavy atom. The molecule has 0 saturated carbocycles. The van der Waals surface area contributed by atoms with Gasteiger partial charge in [-0.1, -0.05) is 36.4 Å². The summed E-state index contributed by atoms with van der Waals surface area (Å²) in [6.45, 7) is -0.468. The van der Waals surface area contributed by atoms with E-state index in [9.17, 15) is 14.0 Å². The Hall–Kier alpha value is -3.19. The van der Waals surface area contributed by atoms with Gasteiger partial charge in [0.15, 0.2) is 6.61 Å². The summed E-state index contributed by atoms with van der Waals surface area (Å²) in [5.41, 5.74) is 6.50. The second-order valence-electron chi connectivity index (χ2n) is 5.73. The summed E-state index contributed by atoms with van der Waals surface area (Å²) < 4.78 is 18.1. The second-order valence-corrected chi connectivity index (χ2v) is 6.71. The summed E-state index contributed by atoms with van der Waals surface area (Å²) in [5, 5.41) is 4.79. The van der Waals surface area contributed by atoms with Gasteiger partial charge in [0.25, 0.3) is 5.91 Å². The van der Waals surface area contributed by atoms with E-state index < -0.39 is 24.3 Å². The largest absolute Gasteiger partial charge is 0.452 e. The smallest absolute Gasteiger partial charge is 0.340 e. The minimum Gasteiger partial charge on any atom is -0.452 e. The van der Waals surface area contributed by atoms with Crippen LogP contribution in [-0.4, -0.2) is 18.5 Å². The molecule has 2 aromatic carbocycles. The Morgan fingerprint density at radius 1 is 1.11 bits per heavy atom. The number of nitrogens with one attached hydrogen (secondary N) is 1. The van der Waals surface area contributed by atoms with E-state index in [0.29, 0.717) is 0 Å². The van der Waals surface area contributed by atoms with Gasteiger partial charge in [0.2, 0.25) is 0 Å². The summed E-state index contributed by atoms with van der Waals surface area (Å²) in [6.07, 6.45) is 0. The molecule has 0 radical (unpaired) electrons. The Bertz CT molecular complexity index is 930. The van der Waals surface area contributed by atoms with Gasteiger partial charge in [-0.2, -0.15) is 0 Å². The molecule has 3 aromatic rings. The molecule has 0 aliphatic rings. The molecule has 0 unspecified atom stereocenters. The van der Waals surface area contributed by atoms with Gasteiger partial charge in [0.05, 0.1) is 11.6 Å². The number of amides is 1. The average molecular weight is 384 g/mol. The molecular weight excluding hydrogens is 367 g/mol. The normalized spacial score (nSPS) is 11.6. The zero-order chi connectivity index (χ0) is 19.2. The molecular formula is C20H17FN2O3S. The zero-order valence-electron chi connectivity index (χ0n) is 14.2. The SMILES string of the molecule is Nc1cc(F)ccc1C(=O)OCC(=O)N[C@@H](c1ccccc1)c1cccs1. The van der Waals surface area contributed by atoms with Crippen molar-refractivity contribution in [3.8, 4) is 0 Å². The van der Waals surface area contributed by atoms with Crippen molar-refractivity contribution < 1.29 is 18.7 Å². The lowest BCUT2D eigenvalue weighted by Gasteiger charge is -2.18. The Balaban J connectivity index is 1.65. The van der Waals surface area contributed by atoms with E-state index in [1.165, 1.54) is 17.4 Å². The molecule has 0 aliphatic carbocycles. The Morgan fingerprint density at radius 3 is 2.56 bits per heavy atom. The third kappa shape index (κ3) is 4.71. The van der Waals surface area contributed by atoms with E-state index >= 15 is 0 Å². The number of nitrogen functional groups attached to an aromatic ring is 1. The van der Waals surface area contributed by atoms with Crippen molar-refractivity contribution in [1.82, 2.24) is 5.32 Å². The minimum absolute atomic E-state index is 0.0158. The van der Waals surface area contributed by atoms with Gasteiger partial charge in [-0.25, -0.2) is 9.18 Å². The fraction of sp³-hybridized carbons (Fsp3) is 0.100. The third-order valence-electron chi connectivity index (χ3n) is 3.83. The summed E-state index contributed by atoms with van der Waals surface area (Å²) in [4.78, 5) is 25.3. The van der Waals surface area contributed by atoms with E-state index in [0.717, 1.165) is 22.6 Å². The van der Waals surface area contributed by atoms with Crippen molar-refractivity contribution in [1.29, 1.82) is 0 Å². The monoisotopic (exact) mass is 384 g/mol. The average Bonchev–Trinajstić information content (AvgIpc) is 3.19. The number of anilines is 1. The molecule has 1 heterocycles. The van der Waals surface area contributed by atoms with E-state index in [-0.39, 0.29) is 17.3 Å². The fourth-order valence-corrected chi connectivity index (χ4v) is 3.35. The van der Waals surface area contributed by atoms with Crippen molar-refractivity contribution in [3.63, 3.8) is 0 Å². The van der Waals surface area contributed by atoms with Gasteiger partial charge in [-0.15, -0.1) is 11.3 Å². The van der Waals surface area contributed by atoms with Gasteiger partial charge in [-0.3, -0.25) is 4.79 Å². The number of hydrogen-bond acceptors (Lipinski definition) is 5. The van der Waals surface area contributed by atoms with Crippen molar-refractivity contribution in [2.45, 2.75) is 6.04 Å². The fourth-order valence-electron chi connectivity index (χ4n) is 2.55. The number of carbonyl (C=O) groups excluding carboxylic acids is 2. The van der Waals surface area contributed by atoms with Crippen LogP contribution in [0.25, 0.3) is 0 Å². The Kier molecular flexibility index (Phi) is 5.83. The van der Waals surface area contributed by atoms with Gasteiger partial charge < -0.3 is 15.8 Å². The van der Waals surface area contributed by atoms with Crippen LogP contribution in [0, 0.1) is 5.82 Å². The third-order valence-corrected chi connectivity index (χ3v) is 4.77. The molecule has 0 saturated heterocycles. The lowest BCUT2D eigenvalue weighted by atomic mass is 10.1. The summed E-state index contributed by atoms with van der Waals surface area (Å²) in [7, 11) is 0. The molecule has 27 heavy (non-hydrogen) atoms. The van der Waals surface area contributed by atoms with Crippen molar-refractivity contribution in [3.05, 3.63) is 87.9 Å². The number of carbonyl (C=O) groups is 2. The molecule has 0 fully saturated rings. The highest BCUT2D eigenvalue weighted by Gasteiger charge is 2.19. The number of benzene rings is 2. The van der Waals surface area contributed by atoms with Crippen LogP contribution in [-0.2, 0) is 9.53 Å². The van der Waals surface area contributed by atoms with Crippen molar-refractivity contribution >= 4 is 28.9 Å². The maximum absolute atomic E-state index is 13.1. The van der Waals surface area contributed by atoms with Crippen LogP contribution in [0.3, 0.4) is 0 Å². The maximum Gasteiger partial charge on any atom is 0.340 e. The molecule has 0 spiro atoms. The predicted octanol–water partition coefficient (Wildman–Crippen LogP) is 3.53. The highest BCUT2D eigenvalue weighted by atomic mass is 32.1. The molecule has 1 atom stereocenters. The lowest BCUT2D eigenvalue weighted by molar-refractivity contribution is -0.124. The van der Waals surface area contributed by atoms with E-state index in [1.54, 1.807) is 0 Å². The molecule has 3 rings (SSSR count). The molecule has 138 valence electrons. The van der Waals surface area contributed by atoms with Crippen LogP contribution < -0.4 is 11.1 Å². The standard InChI is InChI=1S/C20H17FN2O3S/c21-14-8-9-15(16(22)11-14)20(25)26-12-18(24)23-19(17-7-4-10-27-17)13-5-2-1-3-6-13/h1-11,19H,12,22H2,(H,23,24)/t19-/m0/s1. The Labute approximate surface area is 159 Å². The van der Waals surface area contributed by atoms with Gasteiger partial charge >= 0.3 is 5.97 Å². The molecule has 7 heteroatoms. The predicted molar refractivity (Wildman–Crippen MR) is 102 cm³/mol. The molecule has 5 nitrogen and oxygen atoms in total. The highest BCUT2D eigenvalue weighted by molar-refractivity contribution is 7.10. The van der Waals surface area contributed by atoms with E-state index in [1.807, 2.05) is 47.8 Å². The first-order valence-corrected chi connectivity index (χ1v) is 9.02. The number of thiophene rings is 1. The first-order chi connectivity index (χ1) is 13.0. The topological polar surface area (TPSA) is 81.4 Å². The summed E-state index contributed by atoms with van der Waals surface area (Å²) in [5.74, 6) is -1.79. The number of rotatable bonds is 6. The number of halogens is 1. The summed E-state index contributed by atoms with van der Waals surface area (Å²) in [6, 6.07) is 16.3. The highest BCUT2D eigenvalue weighted by Crippen LogP contribution is 2.25. The van der Waals surface area contributed by atoms with E-state index in [2.05, 4.69) is 5.32 Å². The number of ether oxygens (including phenoxy) is 1. The number of hydrogen-bond donors (Lipinski definition) is 2. The van der Waals surface area contributed by atoms with Crippen LogP contribution in [0.15, 0.2) is 66.0 Å². The van der Waals surface area contributed by atoms with Crippen LogP contribution in [0.5, 0.6) is 0 Å². The van der Waals surface area contributed by atoms with Gasteiger partial charge in [0, 0.05) is 10.6 Å². The molecule has 0 bridgehead atoms. The molecule has 1 aromatic heterocycles. The van der Waals surface area contributed by atoms with E-state index in [4.69, 9.17) is 10.5 Å².